The predicted octanol–water partition coefficient (Wildman–Crippen LogP) is 3.20. The standard InChI is InChI=1S/C18H18N4O2S/c1-14-6-5-7-15(12-14)13-19-17-10-11-18(21-20-17)22-25(23,24)16-8-3-2-4-9-16/h2-12H,13H2,1H3,(H,19,20)(H,21,22). The Kier molecular flexibility index (Phi) is 4.95. The van der Waals surface area contributed by atoms with Crippen molar-refractivity contribution in [2.24, 2.45) is 0 Å². The number of hydrogen-bond donors (Lipinski definition) is 2. The second-order valence-electron chi connectivity index (χ2n) is 5.56. The van der Waals surface area contributed by atoms with Gasteiger partial charge in [0, 0.05) is 6.54 Å². The molecule has 0 saturated carbocycles. The quantitative estimate of drug-likeness (QED) is 0.710. The lowest BCUT2D eigenvalue weighted by atomic mass is 10.1. The number of rotatable bonds is 6. The summed E-state index contributed by atoms with van der Waals surface area (Å²) < 4.78 is 26.9. The Morgan fingerprint density at radius 3 is 2.28 bits per heavy atom. The molecule has 0 radical (unpaired) electrons. The smallest absolute Gasteiger partial charge is 0.263 e. The highest BCUT2D eigenvalue weighted by molar-refractivity contribution is 7.92. The summed E-state index contributed by atoms with van der Waals surface area (Å²) in [6, 6.07) is 19.5. The molecule has 1 aromatic heterocycles. The summed E-state index contributed by atoms with van der Waals surface area (Å²) in [7, 11) is -3.66. The molecular formula is C18H18N4O2S. The second kappa shape index (κ2) is 7.31. The number of hydrogen-bond acceptors (Lipinski definition) is 5. The van der Waals surface area contributed by atoms with Crippen LogP contribution in [0, 0.1) is 6.92 Å². The van der Waals surface area contributed by atoms with Gasteiger partial charge in [0.25, 0.3) is 10.0 Å². The van der Waals surface area contributed by atoms with E-state index in [0.717, 1.165) is 5.56 Å². The third kappa shape index (κ3) is 4.54. The van der Waals surface area contributed by atoms with Gasteiger partial charge < -0.3 is 5.32 Å². The molecule has 0 aliphatic rings. The molecule has 0 unspecified atom stereocenters. The molecule has 0 aliphatic carbocycles. The summed E-state index contributed by atoms with van der Waals surface area (Å²) in [5.41, 5.74) is 2.33. The van der Waals surface area contributed by atoms with Crippen molar-refractivity contribution in [1.29, 1.82) is 0 Å². The zero-order chi connectivity index (χ0) is 17.7. The average molecular weight is 354 g/mol. The molecule has 0 fully saturated rings. The van der Waals surface area contributed by atoms with Crippen molar-refractivity contribution < 1.29 is 8.42 Å². The third-order valence-electron chi connectivity index (χ3n) is 3.51. The van der Waals surface area contributed by atoms with Crippen LogP contribution in [0.3, 0.4) is 0 Å². The first-order valence-electron chi connectivity index (χ1n) is 7.74. The summed E-state index contributed by atoms with van der Waals surface area (Å²) >= 11 is 0. The highest BCUT2D eigenvalue weighted by Gasteiger charge is 2.14. The van der Waals surface area contributed by atoms with Gasteiger partial charge >= 0.3 is 0 Å². The van der Waals surface area contributed by atoms with Crippen LogP contribution in [0.15, 0.2) is 71.6 Å². The van der Waals surface area contributed by atoms with Gasteiger partial charge in [0.15, 0.2) is 5.82 Å². The molecule has 0 saturated heterocycles. The molecule has 6 nitrogen and oxygen atoms in total. The number of aryl methyl sites for hydroxylation is 1. The molecule has 0 spiro atoms. The lowest BCUT2D eigenvalue weighted by molar-refractivity contribution is 0.601. The Labute approximate surface area is 147 Å². The zero-order valence-corrected chi connectivity index (χ0v) is 14.5. The third-order valence-corrected chi connectivity index (χ3v) is 4.88. The fraction of sp³-hybridized carbons (Fsp3) is 0.111. The first kappa shape index (κ1) is 16.9. The molecule has 25 heavy (non-hydrogen) atoms. The normalized spacial score (nSPS) is 11.1. The van der Waals surface area contributed by atoms with Crippen molar-refractivity contribution in [3.05, 3.63) is 77.9 Å². The summed E-state index contributed by atoms with van der Waals surface area (Å²) in [5.74, 6) is 0.745. The molecule has 0 atom stereocenters. The van der Waals surface area contributed by atoms with Gasteiger partial charge in [-0.25, -0.2) is 8.42 Å². The highest BCUT2D eigenvalue weighted by atomic mass is 32.2. The van der Waals surface area contributed by atoms with Gasteiger partial charge in [-0.1, -0.05) is 48.0 Å². The van der Waals surface area contributed by atoms with Gasteiger partial charge in [0.1, 0.15) is 5.82 Å². The lowest BCUT2D eigenvalue weighted by Crippen LogP contribution is -2.14. The van der Waals surface area contributed by atoms with Crippen LogP contribution in [0.5, 0.6) is 0 Å². The van der Waals surface area contributed by atoms with Crippen LogP contribution in [-0.4, -0.2) is 18.6 Å². The van der Waals surface area contributed by atoms with E-state index in [0.29, 0.717) is 12.4 Å². The molecule has 7 heteroatoms. The first-order chi connectivity index (χ1) is 12.0. The molecule has 2 aromatic carbocycles. The van der Waals surface area contributed by atoms with E-state index in [1.165, 1.54) is 17.7 Å². The van der Waals surface area contributed by atoms with Gasteiger partial charge in [0.2, 0.25) is 0 Å². The van der Waals surface area contributed by atoms with E-state index in [-0.39, 0.29) is 10.7 Å². The number of nitrogens with one attached hydrogen (secondary N) is 2. The predicted molar refractivity (Wildman–Crippen MR) is 97.8 cm³/mol. The van der Waals surface area contributed by atoms with E-state index in [9.17, 15) is 8.42 Å². The maximum absolute atomic E-state index is 12.2. The zero-order valence-electron chi connectivity index (χ0n) is 13.7. The second-order valence-corrected chi connectivity index (χ2v) is 7.25. The summed E-state index contributed by atoms with van der Waals surface area (Å²) in [6.07, 6.45) is 0. The molecule has 128 valence electrons. The van der Waals surface area contributed by atoms with E-state index in [1.54, 1.807) is 30.3 Å². The van der Waals surface area contributed by atoms with Gasteiger partial charge in [0.05, 0.1) is 4.90 Å². The maximum Gasteiger partial charge on any atom is 0.263 e. The molecule has 0 amide bonds. The number of anilines is 2. The SMILES string of the molecule is Cc1cccc(CNc2ccc(NS(=O)(=O)c3ccccc3)nn2)c1. The minimum atomic E-state index is -3.66. The monoisotopic (exact) mass is 354 g/mol. The molecule has 3 rings (SSSR count). The van der Waals surface area contributed by atoms with E-state index in [4.69, 9.17) is 0 Å². The number of aromatic nitrogens is 2. The number of sulfonamides is 1. The Morgan fingerprint density at radius 2 is 1.60 bits per heavy atom. The minimum absolute atomic E-state index is 0.171. The van der Waals surface area contributed by atoms with Crippen LogP contribution in [0.1, 0.15) is 11.1 Å². The van der Waals surface area contributed by atoms with Crippen molar-refractivity contribution in [1.82, 2.24) is 10.2 Å². The topological polar surface area (TPSA) is 84.0 Å². The molecule has 1 heterocycles. The summed E-state index contributed by atoms with van der Waals surface area (Å²) in [5, 5.41) is 11.1. The molecule has 3 aromatic rings. The van der Waals surface area contributed by atoms with Crippen LogP contribution in [0.4, 0.5) is 11.6 Å². The average Bonchev–Trinajstić information content (AvgIpc) is 2.62. The summed E-state index contributed by atoms with van der Waals surface area (Å²) in [4.78, 5) is 0.179. The van der Waals surface area contributed by atoms with Crippen LogP contribution in [0.2, 0.25) is 0 Å². The molecule has 2 N–H and O–H groups in total. The lowest BCUT2D eigenvalue weighted by Gasteiger charge is -2.08. The Morgan fingerprint density at radius 1 is 0.880 bits per heavy atom. The van der Waals surface area contributed by atoms with Crippen molar-refractivity contribution in [2.45, 2.75) is 18.4 Å². The molecule has 0 aliphatic heterocycles. The fourth-order valence-electron chi connectivity index (χ4n) is 2.29. The van der Waals surface area contributed by atoms with Crippen molar-refractivity contribution in [3.8, 4) is 0 Å². The molecular weight excluding hydrogens is 336 g/mol. The Balaban J connectivity index is 1.64. The van der Waals surface area contributed by atoms with E-state index in [1.807, 2.05) is 25.1 Å². The Hall–Kier alpha value is -2.93. The minimum Gasteiger partial charge on any atom is -0.365 e. The van der Waals surface area contributed by atoms with Crippen LogP contribution in [0.25, 0.3) is 0 Å². The highest BCUT2D eigenvalue weighted by Crippen LogP contribution is 2.14. The van der Waals surface area contributed by atoms with Crippen molar-refractivity contribution in [2.75, 3.05) is 10.0 Å². The van der Waals surface area contributed by atoms with E-state index < -0.39 is 10.0 Å². The fourth-order valence-corrected chi connectivity index (χ4v) is 3.31. The van der Waals surface area contributed by atoms with Crippen LogP contribution in [-0.2, 0) is 16.6 Å². The van der Waals surface area contributed by atoms with Gasteiger partial charge in [-0.05, 0) is 36.8 Å². The first-order valence-corrected chi connectivity index (χ1v) is 9.22. The number of benzene rings is 2. The summed E-state index contributed by atoms with van der Waals surface area (Å²) in [6.45, 7) is 2.66. The van der Waals surface area contributed by atoms with Gasteiger partial charge in [-0.3, -0.25) is 4.72 Å². The largest absolute Gasteiger partial charge is 0.365 e. The maximum atomic E-state index is 12.2. The van der Waals surface area contributed by atoms with Crippen LogP contribution >= 0.6 is 0 Å². The molecule has 0 bridgehead atoms. The van der Waals surface area contributed by atoms with Gasteiger partial charge in [-0.15, -0.1) is 10.2 Å². The van der Waals surface area contributed by atoms with E-state index in [2.05, 4.69) is 26.3 Å². The van der Waals surface area contributed by atoms with Crippen LogP contribution < -0.4 is 10.0 Å². The number of nitrogens with zero attached hydrogens (tertiary/aromatic N) is 2. The Bertz CT molecular complexity index is 942. The van der Waals surface area contributed by atoms with E-state index >= 15 is 0 Å². The van der Waals surface area contributed by atoms with Gasteiger partial charge in [-0.2, -0.15) is 0 Å². The van der Waals surface area contributed by atoms with Crippen molar-refractivity contribution in [3.63, 3.8) is 0 Å². The van der Waals surface area contributed by atoms with Crippen molar-refractivity contribution >= 4 is 21.7 Å².